The Balaban J connectivity index is 2.34. The molecule has 0 aliphatic carbocycles. The third-order valence-electron chi connectivity index (χ3n) is 1.93. The summed E-state index contributed by atoms with van der Waals surface area (Å²) in [7, 11) is 0. The van der Waals surface area contributed by atoms with Gasteiger partial charge in [-0.3, -0.25) is 0 Å². The number of hydrogen-bond acceptors (Lipinski definition) is 2. The average molecular weight is 257 g/mol. The minimum atomic E-state index is -0.562. The molecule has 16 heavy (non-hydrogen) atoms. The lowest BCUT2D eigenvalue weighted by Gasteiger charge is -2.09. The van der Waals surface area contributed by atoms with Crippen molar-refractivity contribution in [3.05, 3.63) is 52.4 Å². The van der Waals surface area contributed by atoms with Crippen molar-refractivity contribution in [1.82, 2.24) is 4.98 Å². The van der Waals surface area contributed by atoms with Gasteiger partial charge in [0.25, 0.3) is 0 Å². The SMILES string of the molecule is Fc1cccc(Nc2c(Cl)cccc2Cl)n1. The van der Waals surface area contributed by atoms with Crippen LogP contribution in [0.4, 0.5) is 15.9 Å². The number of nitrogens with zero attached hydrogens (tertiary/aromatic N) is 1. The maximum Gasteiger partial charge on any atom is 0.214 e. The molecule has 1 aromatic heterocycles. The van der Waals surface area contributed by atoms with Crippen LogP contribution in [0.1, 0.15) is 0 Å². The van der Waals surface area contributed by atoms with E-state index in [1.54, 1.807) is 30.3 Å². The summed E-state index contributed by atoms with van der Waals surface area (Å²) < 4.78 is 12.9. The highest BCUT2D eigenvalue weighted by atomic mass is 35.5. The van der Waals surface area contributed by atoms with Crippen molar-refractivity contribution in [2.45, 2.75) is 0 Å². The fourth-order valence-corrected chi connectivity index (χ4v) is 1.72. The van der Waals surface area contributed by atoms with Crippen LogP contribution in [0.15, 0.2) is 36.4 Å². The topological polar surface area (TPSA) is 24.9 Å². The Labute approximate surface area is 102 Å². The minimum absolute atomic E-state index is 0.356. The molecule has 82 valence electrons. The summed E-state index contributed by atoms with van der Waals surface area (Å²) in [5, 5.41) is 3.78. The Morgan fingerprint density at radius 2 is 1.62 bits per heavy atom. The monoisotopic (exact) mass is 256 g/mol. The van der Waals surface area contributed by atoms with Crippen LogP contribution in [0.3, 0.4) is 0 Å². The zero-order valence-corrected chi connectivity index (χ0v) is 9.56. The minimum Gasteiger partial charge on any atom is -0.338 e. The van der Waals surface area contributed by atoms with Crippen LogP contribution in [-0.4, -0.2) is 4.98 Å². The molecule has 2 nitrogen and oxygen atoms in total. The summed E-state index contributed by atoms with van der Waals surface area (Å²) in [6, 6.07) is 9.55. The molecule has 1 heterocycles. The van der Waals surface area contributed by atoms with Gasteiger partial charge in [0, 0.05) is 0 Å². The van der Waals surface area contributed by atoms with E-state index in [1.807, 2.05) is 0 Å². The second kappa shape index (κ2) is 4.68. The van der Waals surface area contributed by atoms with Crippen molar-refractivity contribution in [2.75, 3.05) is 5.32 Å². The number of pyridine rings is 1. The number of nitrogens with one attached hydrogen (secondary N) is 1. The Kier molecular flexibility index (Phi) is 3.27. The molecule has 2 aromatic rings. The number of hydrogen-bond donors (Lipinski definition) is 1. The van der Waals surface area contributed by atoms with Gasteiger partial charge in [0.1, 0.15) is 5.82 Å². The van der Waals surface area contributed by atoms with Gasteiger partial charge in [-0.05, 0) is 24.3 Å². The summed E-state index contributed by atoms with van der Waals surface area (Å²) in [5.74, 6) is -0.205. The van der Waals surface area contributed by atoms with Gasteiger partial charge >= 0.3 is 0 Å². The molecular weight excluding hydrogens is 250 g/mol. The first-order valence-corrected chi connectivity index (χ1v) is 5.26. The highest BCUT2D eigenvalue weighted by molar-refractivity contribution is 6.39. The van der Waals surface area contributed by atoms with Gasteiger partial charge in [0.15, 0.2) is 0 Å². The van der Waals surface area contributed by atoms with Crippen LogP contribution < -0.4 is 5.32 Å². The van der Waals surface area contributed by atoms with Crippen molar-refractivity contribution in [3.63, 3.8) is 0 Å². The first kappa shape index (κ1) is 11.2. The van der Waals surface area contributed by atoms with Crippen LogP contribution >= 0.6 is 23.2 Å². The second-order valence-electron chi connectivity index (χ2n) is 3.07. The lowest BCUT2D eigenvalue weighted by molar-refractivity contribution is 0.585. The summed E-state index contributed by atoms with van der Waals surface area (Å²) in [4.78, 5) is 3.66. The number of para-hydroxylation sites is 1. The summed E-state index contributed by atoms with van der Waals surface area (Å²) in [6.45, 7) is 0. The van der Waals surface area contributed by atoms with Crippen LogP contribution in [0.2, 0.25) is 10.0 Å². The predicted octanol–water partition coefficient (Wildman–Crippen LogP) is 4.27. The van der Waals surface area contributed by atoms with Gasteiger partial charge < -0.3 is 5.32 Å². The van der Waals surface area contributed by atoms with Gasteiger partial charge in [-0.1, -0.05) is 35.3 Å². The zero-order valence-electron chi connectivity index (χ0n) is 8.05. The molecule has 0 radical (unpaired) electrons. The molecule has 0 saturated heterocycles. The maximum atomic E-state index is 12.9. The molecule has 0 unspecified atom stereocenters. The molecule has 0 aliphatic heterocycles. The molecule has 0 aliphatic rings. The van der Waals surface area contributed by atoms with Crippen molar-refractivity contribution in [3.8, 4) is 0 Å². The summed E-state index contributed by atoms with van der Waals surface area (Å²) in [5.41, 5.74) is 0.518. The third-order valence-corrected chi connectivity index (χ3v) is 2.56. The van der Waals surface area contributed by atoms with E-state index in [0.717, 1.165) is 0 Å². The van der Waals surface area contributed by atoms with Gasteiger partial charge in [-0.25, -0.2) is 4.98 Å². The van der Waals surface area contributed by atoms with Gasteiger partial charge in [0.2, 0.25) is 5.95 Å². The highest BCUT2D eigenvalue weighted by Crippen LogP contribution is 2.31. The molecular formula is C11H7Cl2FN2. The van der Waals surface area contributed by atoms with E-state index in [9.17, 15) is 4.39 Å². The van der Waals surface area contributed by atoms with E-state index < -0.39 is 5.95 Å². The number of halogens is 3. The molecule has 1 N–H and O–H groups in total. The van der Waals surface area contributed by atoms with E-state index in [2.05, 4.69) is 10.3 Å². The molecule has 1 aromatic carbocycles. The van der Waals surface area contributed by atoms with Gasteiger partial charge in [-0.2, -0.15) is 4.39 Å². The van der Waals surface area contributed by atoms with Gasteiger partial charge in [0.05, 0.1) is 15.7 Å². The van der Waals surface area contributed by atoms with Crippen molar-refractivity contribution < 1.29 is 4.39 Å². The standard InChI is InChI=1S/C11H7Cl2FN2/c12-7-3-1-4-8(13)11(7)16-10-6-2-5-9(14)15-10/h1-6H,(H,15,16). The third kappa shape index (κ3) is 2.43. The van der Waals surface area contributed by atoms with Crippen molar-refractivity contribution in [2.24, 2.45) is 0 Å². The van der Waals surface area contributed by atoms with Crippen LogP contribution in [0.5, 0.6) is 0 Å². The molecule has 5 heteroatoms. The van der Waals surface area contributed by atoms with Crippen LogP contribution in [0, 0.1) is 5.95 Å². The van der Waals surface area contributed by atoms with Crippen LogP contribution in [-0.2, 0) is 0 Å². The van der Waals surface area contributed by atoms with E-state index in [4.69, 9.17) is 23.2 Å². The summed E-state index contributed by atoms with van der Waals surface area (Å²) >= 11 is 11.9. The zero-order chi connectivity index (χ0) is 11.5. The average Bonchev–Trinajstić information content (AvgIpc) is 2.24. The number of aromatic nitrogens is 1. The fourth-order valence-electron chi connectivity index (χ4n) is 1.22. The van der Waals surface area contributed by atoms with E-state index in [0.29, 0.717) is 21.6 Å². The highest BCUT2D eigenvalue weighted by Gasteiger charge is 2.06. The molecule has 0 atom stereocenters. The Morgan fingerprint density at radius 1 is 1.00 bits per heavy atom. The van der Waals surface area contributed by atoms with Gasteiger partial charge in [-0.15, -0.1) is 0 Å². The Hall–Kier alpha value is -1.32. The molecule has 0 spiro atoms. The van der Waals surface area contributed by atoms with Crippen LogP contribution in [0.25, 0.3) is 0 Å². The van der Waals surface area contributed by atoms with E-state index in [1.165, 1.54) is 6.07 Å². The molecule has 0 saturated carbocycles. The molecule has 0 amide bonds. The Bertz CT molecular complexity index is 497. The molecule has 0 fully saturated rings. The number of anilines is 2. The first-order chi connectivity index (χ1) is 7.66. The largest absolute Gasteiger partial charge is 0.338 e. The molecule has 2 rings (SSSR count). The van der Waals surface area contributed by atoms with E-state index in [-0.39, 0.29) is 0 Å². The quantitative estimate of drug-likeness (QED) is 0.812. The predicted molar refractivity (Wildman–Crippen MR) is 63.9 cm³/mol. The first-order valence-electron chi connectivity index (χ1n) is 4.50. The summed E-state index contributed by atoms with van der Waals surface area (Å²) in [6.07, 6.45) is 0. The Morgan fingerprint density at radius 3 is 2.25 bits per heavy atom. The number of rotatable bonds is 2. The normalized spacial score (nSPS) is 10.2. The van der Waals surface area contributed by atoms with E-state index >= 15 is 0 Å². The maximum absolute atomic E-state index is 12.9. The lowest BCUT2D eigenvalue weighted by Crippen LogP contribution is -1.96. The smallest absolute Gasteiger partial charge is 0.214 e. The fraction of sp³-hybridized carbons (Fsp3) is 0. The molecule has 0 bridgehead atoms. The lowest BCUT2D eigenvalue weighted by atomic mass is 10.3. The van der Waals surface area contributed by atoms with Crippen molar-refractivity contribution >= 4 is 34.7 Å². The number of benzene rings is 1. The second-order valence-corrected chi connectivity index (χ2v) is 3.88. The van der Waals surface area contributed by atoms with Crippen molar-refractivity contribution in [1.29, 1.82) is 0 Å².